The largest absolute Gasteiger partial charge is 0.496 e. The van der Waals surface area contributed by atoms with E-state index in [4.69, 9.17) is 4.74 Å². The predicted molar refractivity (Wildman–Crippen MR) is 100.0 cm³/mol. The summed E-state index contributed by atoms with van der Waals surface area (Å²) in [5, 5.41) is 0.971. The van der Waals surface area contributed by atoms with Crippen molar-refractivity contribution in [3.8, 4) is 5.75 Å². The molecule has 0 saturated carbocycles. The number of nitrogens with zero attached hydrogens (tertiary/aromatic N) is 2. The first-order chi connectivity index (χ1) is 12.1. The Morgan fingerprint density at radius 3 is 2.68 bits per heavy atom. The molecule has 128 valence electrons. The van der Waals surface area contributed by atoms with E-state index in [1.807, 2.05) is 68.6 Å². The van der Waals surface area contributed by atoms with Gasteiger partial charge in [0.1, 0.15) is 5.75 Å². The number of methoxy groups -OCH3 is 1. The summed E-state index contributed by atoms with van der Waals surface area (Å²) in [4.78, 5) is 19.2. The number of carbonyl (C=O) groups is 1. The number of hydrogen-bond acceptors (Lipinski definition) is 3. The second-order valence-corrected chi connectivity index (χ2v) is 6.16. The third kappa shape index (κ3) is 3.48. The molecule has 0 aliphatic heterocycles. The molecule has 3 aromatic rings. The molecule has 0 N–H and O–H groups in total. The van der Waals surface area contributed by atoms with Gasteiger partial charge in [-0.2, -0.15) is 0 Å². The minimum atomic E-state index is -0.0216. The van der Waals surface area contributed by atoms with Crippen LogP contribution in [0.25, 0.3) is 10.9 Å². The number of fused-ring (bicyclic) bond motifs is 1. The highest BCUT2D eigenvalue weighted by molar-refractivity contribution is 6.05. The fourth-order valence-electron chi connectivity index (χ4n) is 2.99. The Morgan fingerprint density at radius 1 is 1.12 bits per heavy atom. The lowest BCUT2D eigenvalue weighted by Gasteiger charge is -2.26. The summed E-state index contributed by atoms with van der Waals surface area (Å²) in [5.74, 6) is 0.828. The first-order valence-corrected chi connectivity index (χ1v) is 8.34. The van der Waals surface area contributed by atoms with Gasteiger partial charge in [-0.3, -0.25) is 9.78 Å². The summed E-state index contributed by atoms with van der Waals surface area (Å²) in [5.41, 5.74) is 2.46. The Hall–Kier alpha value is -2.88. The highest BCUT2D eigenvalue weighted by Gasteiger charge is 2.21. The Kier molecular flexibility index (Phi) is 4.98. The second kappa shape index (κ2) is 7.34. The number of para-hydroxylation sites is 2. The highest BCUT2D eigenvalue weighted by Crippen LogP contribution is 2.22. The summed E-state index contributed by atoms with van der Waals surface area (Å²) in [6, 6.07) is 17.5. The third-order valence-electron chi connectivity index (χ3n) is 4.55. The van der Waals surface area contributed by atoms with Crippen LogP contribution >= 0.6 is 0 Å². The molecule has 1 aromatic heterocycles. The van der Waals surface area contributed by atoms with Gasteiger partial charge < -0.3 is 9.64 Å². The summed E-state index contributed by atoms with van der Waals surface area (Å²) in [6.45, 7) is 2.04. The van der Waals surface area contributed by atoms with E-state index in [1.165, 1.54) is 0 Å². The SMILES string of the molecule is COc1ccccc1C[C@@H](C)N(C)C(=O)c1cccc2cccnc12. The van der Waals surface area contributed by atoms with E-state index >= 15 is 0 Å². The number of ether oxygens (including phenoxy) is 1. The number of benzene rings is 2. The number of rotatable bonds is 5. The molecule has 1 heterocycles. The fraction of sp³-hybridized carbons (Fsp3) is 0.238. The maximum atomic E-state index is 13.0. The Labute approximate surface area is 148 Å². The van der Waals surface area contributed by atoms with Gasteiger partial charge in [-0.25, -0.2) is 0 Å². The minimum absolute atomic E-state index is 0.0216. The van der Waals surface area contributed by atoms with Gasteiger partial charge in [-0.1, -0.05) is 36.4 Å². The monoisotopic (exact) mass is 334 g/mol. The van der Waals surface area contributed by atoms with Crippen molar-refractivity contribution < 1.29 is 9.53 Å². The van der Waals surface area contributed by atoms with E-state index in [9.17, 15) is 4.79 Å². The molecule has 0 unspecified atom stereocenters. The molecule has 0 bridgehead atoms. The Morgan fingerprint density at radius 2 is 1.88 bits per heavy atom. The summed E-state index contributed by atoms with van der Waals surface area (Å²) >= 11 is 0. The van der Waals surface area contributed by atoms with Crippen LogP contribution in [0, 0.1) is 0 Å². The van der Waals surface area contributed by atoms with Crippen molar-refractivity contribution >= 4 is 16.8 Å². The topological polar surface area (TPSA) is 42.4 Å². The van der Waals surface area contributed by atoms with Crippen molar-refractivity contribution in [2.75, 3.05) is 14.2 Å². The zero-order valence-electron chi connectivity index (χ0n) is 14.8. The molecule has 0 aliphatic carbocycles. The van der Waals surface area contributed by atoms with Crippen LogP contribution in [0.3, 0.4) is 0 Å². The Bertz CT molecular complexity index is 886. The standard InChI is InChI=1S/C21H22N2O2/c1-15(14-17-8-4-5-12-19(17)25-3)23(2)21(24)18-11-6-9-16-10-7-13-22-20(16)18/h4-13,15H,14H2,1-3H3/t15-/m1/s1. The number of carbonyl (C=O) groups excluding carboxylic acids is 1. The average molecular weight is 334 g/mol. The summed E-state index contributed by atoms with van der Waals surface area (Å²) in [7, 11) is 3.50. The quantitative estimate of drug-likeness (QED) is 0.709. The molecule has 2 aromatic carbocycles. The number of hydrogen-bond donors (Lipinski definition) is 0. The molecule has 0 spiro atoms. The molecule has 1 amide bonds. The molecule has 4 heteroatoms. The number of aromatic nitrogens is 1. The second-order valence-electron chi connectivity index (χ2n) is 6.16. The zero-order chi connectivity index (χ0) is 17.8. The third-order valence-corrected chi connectivity index (χ3v) is 4.55. The summed E-state index contributed by atoms with van der Waals surface area (Å²) in [6.07, 6.45) is 2.45. The number of likely N-dealkylation sites (N-methyl/N-ethyl adjacent to an activating group) is 1. The molecule has 0 saturated heterocycles. The highest BCUT2D eigenvalue weighted by atomic mass is 16.5. The smallest absolute Gasteiger partial charge is 0.256 e. The van der Waals surface area contributed by atoms with E-state index in [0.29, 0.717) is 5.56 Å². The fourth-order valence-corrected chi connectivity index (χ4v) is 2.99. The van der Waals surface area contributed by atoms with Crippen molar-refractivity contribution in [2.24, 2.45) is 0 Å². The lowest BCUT2D eigenvalue weighted by Crippen LogP contribution is -2.36. The normalized spacial score (nSPS) is 12.0. The Balaban J connectivity index is 1.84. The van der Waals surface area contributed by atoms with Crippen LogP contribution in [0.2, 0.25) is 0 Å². The van der Waals surface area contributed by atoms with Crippen LogP contribution < -0.4 is 4.74 Å². The van der Waals surface area contributed by atoms with Gasteiger partial charge in [0.05, 0.1) is 18.2 Å². The van der Waals surface area contributed by atoms with Gasteiger partial charge in [0, 0.05) is 24.7 Å². The van der Waals surface area contributed by atoms with E-state index in [0.717, 1.165) is 28.6 Å². The number of amides is 1. The van der Waals surface area contributed by atoms with Crippen LogP contribution in [-0.2, 0) is 6.42 Å². The first-order valence-electron chi connectivity index (χ1n) is 8.34. The zero-order valence-corrected chi connectivity index (χ0v) is 14.8. The maximum Gasteiger partial charge on any atom is 0.256 e. The van der Waals surface area contributed by atoms with Crippen molar-refractivity contribution in [2.45, 2.75) is 19.4 Å². The van der Waals surface area contributed by atoms with Crippen LogP contribution in [0.4, 0.5) is 0 Å². The first kappa shape index (κ1) is 17.0. The molecular formula is C21H22N2O2. The van der Waals surface area contributed by atoms with Crippen LogP contribution in [-0.4, -0.2) is 36.0 Å². The van der Waals surface area contributed by atoms with Crippen LogP contribution in [0.15, 0.2) is 60.8 Å². The molecule has 1 atom stereocenters. The molecule has 0 radical (unpaired) electrons. The van der Waals surface area contributed by atoms with Gasteiger partial charge in [-0.05, 0) is 37.1 Å². The van der Waals surface area contributed by atoms with Crippen molar-refractivity contribution in [1.82, 2.24) is 9.88 Å². The van der Waals surface area contributed by atoms with Crippen LogP contribution in [0.5, 0.6) is 5.75 Å². The van der Waals surface area contributed by atoms with Crippen molar-refractivity contribution in [3.63, 3.8) is 0 Å². The van der Waals surface area contributed by atoms with E-state index in [1.54, 1.807) is 18.2 Å². The van der Waals surface area contributed by atoms with Crippen molar-refractivity contribution in [3.05, 3.63) is 71.9 Å². The van der Waals surface area contributed by atoms with Crippen LogP contribution in [0.1, 0.15) is 22.8 Å². The lowest BCUT2D eigenvalue weighted by atomic mass is 10.0. The molecule has 25 heavy (non-hydrogen) atoms. The van der Waals surface area contributed by atoms with Gasteiger partial charge in [0.2, 0.25) is 0 Å². The maximum absolute atomic E-state index is 13.0. The molecule has 0 aliphatic rings. The van der Waals surface area contributed by atoms with E-state index < -0.39 is 0 Å². The van der Waals surface area contributed by atoms with E-state index in [-0.39, 0.29) is 11.9 Å². The number of pyridine rings is 1. The predicted octanol–water partition coefficient (Wildman–Crippen LogP) is 3.95. The minimum Gasteiger partial charge on any atom is -0.496 e. The van der Waals surface area contributed by atoms with Gasteiger partial charge >= 0.3 is 0 Å². The van der Waals surface area contributed by atoms with Gasteiger partial charge in [0.15, 0.2) is 0 Å². The average Bonchev–Trinajstić information content (AvgIpc) is 2.66. The van der Waals surface area contributed by atoms with E-state index in [2.05, 4.69) is 4.98 Å². The summed E-state index contributed by atoms with van der Waals surface area (Å²) < 4.78 is 5.42. The van der Waals surface area contributed by atoms with Gasteiger partial charge in [0.25, 0.3) is 5.91 Å². The molecule has 4 nitrogen and oxygen atoms in total. The van der Waals surface area contributed by atoms with Crippen molar-refractivity contribution in [1.29, 1.82) is 0 Å². The molecule has 0 fully saturated rings. The molecular weight excluding hydrogens is 312 g/mol. The molecule has 3 rings (SSSR count). The lowest BCUT2D eigenvalue weighted by molar-refractivity contribution is 0.0745. The van der Waals surface area contributed by atoms with Gasteiger partial charge in [-0.15, -0.1) is 0 Å².